The molecule has 3 aromatic rings. The van der Waals surface area contributed by atoms with Gasteiger partial charge in [0, 0.05) is 18.3 Å². The molecule has 0 unspecified atom stereocenters. The number of rotatable bonds is 5. The van der Waals surface area contributed by atoms with Crippen molar-refractivity contribution in [2.45, 2.75) is 19.9 Å². The predicted octanol–water partition coefficient (Wildman–Crippen LogP) is 4.29. The van der Waals surface area contributed by atoms with Crippen LogP contribution >= 0.6 is 0 Å². The number of ether oxygens (including phenoxy) is 1. The van der Waals surface area contributed by atoms with Crippen LogP contribution in [0.1, 0.15) is 17.5 Å². The summed E-state index contributed by atoms with van der Waals surface area (Å²) in [6, 6.07) is 18.1. The average molecular weight is 290 g/mol. The lowest BCUT2D eigenvalue weighted by Gasteiger charge is -2.09. The molecule has 110 valence electrons. The molecule has 0 spiro atoms. The molecule has 0 fully saturated rings. The molecule has 0 aliphatic heterocycles. The Morgan fingerprint density at radius 1 is 1.14 bits per heavy atom. The first-order valence-electron chi connectivity index (χ1n) is 7.45. The van der Waals surface area contributed by atoms with Crippen LogP contribution in [0.4, 0.5) is 0 Å². The smallest absolute Gasteiger partial charge is 0.137 e. The maximum atomic E-state index is 9.03. The minimum Gasteiger partial charge on any atom is -0.492 e. The van der Waals surface area contributed by atoms with E-state index in [9.17, 15) is 0 Å². The van der Waals surface area contributed by atoms with Crippen LogP contribution in [0.5, 0.6) is 5.75 Å². The quantitative estimate of drug-likeness (QED) is 0.657. The van der Waals surface area contributed by atoms with E-state index < -0.39 is 0 Å². The standard InChI is InChI=1S/C19H18N2O/c1-15-7-8-18-16(13-15)9-11-21(18)10-4-12-22-19-6-3-2-5-17(19)14-20/h2-3,5-9,11,13H,4,10,12H2,1H3. The molecule has 0 aliphatic rings. The van der Waals surface area contributed by atoms with Crippen LogP contribution in [0, 0.1) is 18.3 Å². The van der Waals surface area contributed by atoms with E-state index in [0.29, 0.717) is 17.9 Å². The molecule has 0 amide bonds. The third kappa shape index (κ3) is 2.96. The first kappa shape index (κ1) is 14.2. The van der Waals surface area contributed by atoms with Gasteiger partial charge in [0.1, 0.15) is 11.8 Å². The maximum absolute atomic E-state index is 9.03. The van der Waals surface area contributed by atoms with Crippen LogP contribution in [0.3, 0.4) is 0 Å². The molecule has 0 N–H and O–H groups in total. The van der Waals surface area contributed by atoms with Gasteiger partial charge in [-0.3, -0.25) is 0 Å². The molecule has 22 heavy (non-hydrogen) atoms. The second-order valence-electron chi connectivity index (χ2n) is 5.38. The third-order valence-electron chi connectivity index (χ3n) is 3.73. The van der Waals surface area contributed by atoms with Crippen LogP contribution in [0.15, 0.2) is 54.7 Å². The van der Waals surface area contributed by atoms with Crippen molar-refractivity contribution in [3.8, 4) is 11.8 Å². The van der Waals surface area contributed by atoms with Crippen molar-refractivity contribution in [2.24, 2.45) is 0 Å². The average Bonchev–Trinajstić information content (AvgIpc) is 2.94. The van der Waals surface area contributed by atoms with Crippen LogP contribution in [0.2, 0.25) is 0 Å². The Morgan fingerprint density at radius 2 is 2.00 bits per heavy atom. The summed E-state index contributed by atoms with van der Waals surface area (Å²) in [5.74, 6) is 0.665. The van der Waals surface area contributed by atoms with Gasteiger partial charge < -0.3 is 9.30 Å². The van der Waals surface area contributed by atoms with E-state index in [-0.39, 0.29) is 0 Å². The molecule has 0 saturated heterocycles. The summed E-state index contributed by atoms with van der Waals surface area (Å²) >= 11 is 0. The molecule has 0 radical (unpaired) electrons. The molecule has 0 bridgehead atoms. The van der Waals surface area contributed by atoms with E-state index in [1.54, 1.807) is 6.07 Å². The van der Waals surface area contributed by atoms with Crippen molar-refractivity contribution < 1.29 is 4.74 Å². The molecule has 3 nitrogen and oxygen atoms in total. The number of hydrogen-bond donors (Lipinski definition) is 0. The number of hydrogen-bond acceptors (Lipinski definition) is 2. The first-order chi connectivity index (χ1) is 10.8. The molecule has 0 saturated carbocycles. The number of benzene rings is 2. The summed E-state index contributed by atoms with van der Waals surface area (Å²) in [4.78, 5) is 0. The highest BCUT2D eigenvalue weighted by Gasteiger charge is 2.03. The van der Waals surface area contributed by atoms with Gasteiger partial charge >= 0.3 is 0 Å². The summed E-state index contributed by atoms with van der Waals surface area (Å²) in [5, 5.41) is 10.3. The molecule has 1 aromatic heterocycles. The number of nitrogens with zero attached hydrogens (tertiary/aromatic N) is 2. The topological polar surface area (TPSA) is 38.0 Å². The van der Waals surface area contributed by atoms with Crippen molar-refractivity contribution in [3.05, 3.63) is 65.9 Å². The second kappa shape index (κ2) is 6.36. The van der Waals surface area contributed by atoms with Crippen molar-refractivity contribution in [1.82, 2.24) is 4.57 Å². The summed E-state index contributed by atoms with van der Waals surface area (Å²) < 4.78 is 7.97. The molecule has 1 heterocycles. The molecule has 3 rings (SSSR count). The molecule has 0 aliphatic carbocycles. The Balaban J connectivity index is 1.60. The normalized spacial score (nSPS) is 10.5. The lowest BCUT2D eigenvalue weighted by atomic mass is 10.2. The van der Waals surface area contributed by atoms with Gasteiger partial charge in [0.25, 0.3) is 0 Å². The van der Waals surface area contributed by atoms with Crippen LogP contribution in [0.25, 0.3) is 10.9 Å². The summed E-state index contributed by atoms with van der Waals surface area (Å²) in [6.07, 6.45) is 3.02. The minimum absolute atomic E-state index is 0.587. The zero-order valence-corrected chi connectivity index (χ0v) is 12.6. The fourth-order valence-corrected chi connectivity index (χ4v) is 2.62. The van der Waals surface area contributed by atoms with E-state index in [1.807, 2.05) is 18.2 Å². The molecular weight excluding hydrogens is 272 g/mol. The van der Waals surface area contributed by atoms with Crippen molar-refractivity contribution in [1.29, 1.82) is 5.26 Å². The van der Waals surface area contributed by atoms with Gasteiger partial charge in [-0.1, -0.05) is 23.8 Å². The van der Waals surface area contributed by atoms with Gasteiger partial charge in [-0.2, -0.15) is 5.26 Å². The SMILES string of the molecule is Cc1ccc2c(ccn2CCCOc2ccccc2C#N)c1. The number of para-hydroxylation sites is 1. The molecule has 3 heteroatoms. The minimum atomic E-state index is 0.587. The van der Waals surface area contributed by atoms with Crippen LogP contribution in [-0.2, 0) is 6.54 Å². The summed E-state index contributed by atoms with van der Waals surface area (Å²) in [6.45, 7) is 3.61. The zero-order valence-electron chi connectivity index (χ0n) is 12.6. The largest absolute Gasteiger partial charge is 0.492 e. The van der Waals surface area contributed by atoms with E-state index in [2.05, 4.69) is 48.0 Å². The van der Waals surface area contributed by atoms with E-state index in [0.717, 1.165) is 13.0 Å². The van der Waals surface area contributed by atoms with Gasteiger partial charge in [-0.05, 0) is 49.1 Å². The number of fused-ring (bicyclic) bond motifs is 1. The number of nitriles is 1. The summed E-state index contributed by atoms with van der Waals surface area (Å²) in [7, 11) is 0. The Labute approximate surface area is 130 Å². The van der Waals surface area contributed by atoms with Crippen LogP contribution in [-0.4, -0.2) is 11.2 Å². The van der Waals surface area contributed by atoms with Gasteiger partial charge in [0.2, 0.25) is 0 Å². The highest BCUT2D eigenvalue weighted by atomic mass is 16.5. The lowest BCUT2D eigenvalue weighted by Crippen LogP contribution is -2.04. The third-order valence-corrected chi connectivity index (χ3v) is 3.73. The van der Waals surface area contributed by atoms with Gasteiger partial charge in [-0.15, -0.1) is 0 Å². The Hall–Kier alpha value is -2.73. The maximum Gasteiger partial charge on any atom is 0.137 e. The van der Waals surface area contributed by atoms with Gasteiger partial charge in [-0.25, -0.2) is 0 Å². The van der Waals surface area contributed by atoms with Gasteiger partial charge in [0.15, 0.2) is 0 Å². The molecule has 2 aromatic carbocycles. The Morgan fingerprint density at radius 3 is 2.86 bits per heavy atom. The zero-order chi connectivity index (χ0) is 15.4. The van der Waals surface area contributed by atoms with Crippen molar-refractivity contribution >= 4 is 10.9 Å². The highest BCUT2D eigenvalue weighted by Crippen LogP contribution is 2.19. The van der Waals surface area contributed by atoms with Gasteiger partial charge in [0.05, 0.1) is 12.2 Å². The highest BCUT2D eigenvalue weighted by molar-refractivity contribution is 5.80. The fourth-order valence-electron chi connectivity index (χ4n) is 2.62. The van der Waals surface area contributed by atoms with Crippen molar-refractivity contribution in [2.75, 3.05) is 6.61 Å². The summed E-state index contributed by atoms with van der Waals surface area (Å²) in [5.41, 5.74) is 3.12. The Kier molecular flexibility index (Phi) is 4.11. The predicted molar refractivity (Wildman–Crippen MR) is 87.9 cm³/mol. The van der Waals surface area contributed by atoms with E-state index in [4.69, 9.17) is 10.00 Å². The fraction of sp³-hybridized carbons (Fsp3) is 0.211. The number of aryl methyl sites for hydroxylation is 2. The lowest BCUT2D eigenvalue weighted by molar-refractivity contribution is 0.302. The van der Waals surface area contributed by atoms with E-state index in [1.165, 1.54) is 16.5 Å². The number of aromatic nitrogens is 1. The molecule has 0 atom stereocenters. The Bertz CT molecular complexity index is 827. The van der Waals surface area contributed by atoms with Crippen LogP contribution < -0.4 is 4.74 Å². The van der Waals surface area contributed by atoms with E-state index >= 15 is 0 Å². The first-order valence-corrected chi connectivity index (χ1v) is 7.45. The van der Waals surface area contributed by atoms with Crippen molar-refractivity contribution in [3.63, 3.8) is 0 Å². The monoisotopic (exact) mass is 290 g/mol. The second-order valence-corrected chi connectivity index (χ2v) is 5.38. The molecular formula is C19H18N2O.